The molecule has 1 unspecified atom stereocenters. The SMILES string of the molecule is CC(Cc1cccs1)NC(=O)/C=C/c1ccc(I)o1. The molecule has 2 rings (SSSR count). The summed E-state index contributed by atoms with van der Waals surface area (Å²) in [4.78, 5) is 13.0. The van der Waals surface area contributed by atoms with E-state index in [0.717, 1.165) is 10.2 Å². The van der Waals surface area contributed by atoms with Gasteiger partial charge < -0.3 is 9.73 Å². The minimum absolute atomic E-state index is 0.101. The number of thiophene rings is 1. The molecule has 0 aliphatic rings. The van der Waals surface area contributed by atoms with E-state index in [1.165, 1.54) is 11.0 Å². The van der Waals surface area contributed by atoms with Crippen LogP contribution in [0.15, 0.2) is 40.1 Å². The predicted molar refractivity (Wildman–Crippen MR) is 86.1 cm³/mol. The lowest BCUT2D eigenvalue weighted by molar-refractivity contribution is -0.117. The largest absolute Gasteiger partial charge is 0.451 e. The zero-order valence-electron chi connectivity index (χ0n) is 10.4. The van der Waals surface area contributed by atoms with Gasteiger partial charge in [-0.05, 0) is 59.2 Å². The summed E-state index contributed by atoms with van der Waals surface area (Å²) in [6.07, 6.45) is 4.03. The van der Waals surface area contributed by atoms with Gasteiger partial charge in [0, 0.05) is 23.4 Å². The molecule has 19 heavy (non-hydrogen) atoms. The monoisotopic (exact) mass is 387 g/mol. The van der Waals surface area contributed by atoms with E-state index in [0.29, 0.717) is 5.76 Å². The molecule has 2 heterocycles. The second-order valence-electron chi connectivity index (χ2n) is 4.17. The van der Waals surface area contributed by atoms with Crippen LogP contribution in [-0.4, -0.2) is 11.9 Å². The van der Waals surface area contributed by atoms with Crippen molar-refractivity contribution in [1.82, 2.24) is 5.32 Å². The Morgan fingerprint density at radius 2 is 2.37 bits per heavy atom. The van der Waals surface area contributed by atoms with Crippen molar-refractivity contribution in [3.8, 4) is 0 Å². The van der Waals surface area contributed by atoms with Crippen LogP contribution >= 0.6 is 33.9 Å². The van der Waals surface area contributed by atoms with Gasteiger partial charge >= 0.3 is 0 Å². The van der Waals surface area contributed by atoms with Crippen LogP contribution in [0.2, 0.25) is 0 Å². The van der Waals surface area contributed by atoms with E-state index in [9.17, 15) is 4.79 Å². The standard InChI is InChI=1S/C14H14INO2S/c1-10(9-12-3-2-8-19-12)16-14(17)7-5-11-4-6-13(15)18-11/h2-8,10H,9H2,1H3,(H,16,17)/b7-5+. The van der Waals surface area contributed by atoms with Crippen molar-refractivity contribution in [2.75, 3.05) is 0 Å². The third-order valence-electron chi connectivity index (χ3n) is 2.47. The number of hydrogen-bond acceptors (Lipinski definition) is 3. The first-order valence-electron chi connectivity index (χ1n) is 5.90. The third kappa shape index (κ3) is 4.83. The number of furan rings is 1. The number of halogens is 1. The average Bonchev–Trinajstić information content (AvgIpc) is 2.98. The summed E-state index contributed by atoms with van der Waals surface area (Å²) in [5.74, 6) is 0.584. The first-order valence-corrected chi connectivity index (χ1v) is 7.85. The summed E-state index contributed by atoms with van der Waals surface area (Å²) in [5, 5.41) is 4.98. The zero-order chi connectivity index (χ0) is 13.7. The van der Waals surface area contributed by atoms with E-state index in [4.69, 9.17) is 4.42 Å². The van der Waals surface area contributed by atoms with Gasteiger partial charge in [-0.2, -0.15) is 0 Å². The van der Waals surface area contributed by atoms with Gasteiger partial charge in [0.15, 0.2) is 3.77 Å². The molecule has 5 heteroatoms. The summed E-state index contributed by atoms with van der Waals surface area (Å²) < 4.78 is 6.15. The van der Waals surface area contributed by atoms with Crippen molar-refractivity contribution in [1.29, 1.82) is 0 Å². The van der Waals surface area contributed by atoms with Crippen molar-refractivity contribution in [2.24, 2.45) is 0 Å². The van der Waals surface area contributed by atoms with Crippen molar-refractivity contribution in [2.45, 2.75) is 19.4 Å². The fourth-order valence-corrected chi connectivity index (χ4v) is 2.92. The van der Waals surface area contributed by atoms with Gasteiger partial charge in [-0.25, -0.2) is 0 Å². The molecule has 2 aromatic rings. The van der Waals surface area contributed by atoms with Crippen molar-refractivity contribution in [3.05, 3.63) is 50.1 Å². The Balaban J connectivity index is 1.82. The van der Waals surface area contributed by atoms with E-state index in [-0.39, 0.29) is 11.9 Å². The summed E-state index contributed by atoms with van der Waals surface area (Å²) in [6.45, 7) is 2.00. The number of amides is 1. The van der Waals surface area contributed by atoms with Gasteiger partial charge in [0.2, 0.25) is 5.91 Å². The first-order chi connectivity index (χ1) is 9.13. The molecule has 1 N–H and O–H groups in total. The fourth-order valence-electron chi connectivity index (χ4n) is 1.65. The third-order valence-corrected chi connectivity index (χ3v) is 3.95. The quantitative estimate of drug-likeness (QED) is 0.628. The van der Waals surface area contributed by atoms with Crippen LogP contribution in [0, 0.1) is 3.77 Å². The van der Waals surface area contributed by atoms with Gasteiger partial charge in [0.05, 0.1) is 0 Å². The Hall–Kier alpha value is -1.08. The highest BCUT2D eigenvalue weighted by molar-refractivity contribution is 14.1. The van der Waals surface area contributed by atoms with E-state index < -0.39 is 0 Å². The molecule has 1 amide bonds. The van der Waals surface area contributed by atoms with Gasteiger partial charge in [-0.1, -0.05) is 6.07 Å². The topological polar surface area (TPSA) is 42.2 Å². The molecular formula is C14H14INO2S. The van der Waals surface area contributed by atoms with E-state index >= 15 is 0 Å². The maximum Gasteiger partial charge on any atom is 0.244 e. The molecule has 0 aliphatic heterocycles. The van der Waals surface area contributed by atoms with Crippen LogP contribution in [0.3, 0.4) is 0 Å². The maximum atomic E-state index is 11.7. The lowest BCUT2D eigenvalue weighted by atomic mass is 10.2. The first kappa shape index (κ1) is 14.3. The van der Waals surface area contributed by atoms with Crippen LogP contribution in [0.25, 0.3) is 6.08 Å². The van der Waals surface area contributed by atoms with Crippen LogP contribution in [0.1, 0.15) is 17.6 Å². The lowest BCUT2D eigenvalue weighted by Crippen LogP contribution is -2.32. The molecule has 3 nitrogen and oxygen atoms in total. The molecule has 2 aromatic heterocycles. The number of carbonyl (C=O) groups excluding carboxylic acids is 1. The highest BCUT2D eigenvalue weighted by Gasteiger charge is 2.06. The number of nitrogens with one attached hydrogen (secondary N) is 1. The van der Waals surface area contributed by atoms with Crippen LogP contribution in [-0.2, 0) is 11.2 Å². The Labute approximate surface area is 129 Å². The van der Waals surface area contributed by atoms with E-state index in [1.54, 1.807) is 17.4 Å². The highest BCUT2D eigenvalue weighted by atomic mass is 127. The molecule has 0 saturated heterocycles. The summed E-state index contributed by atoms with van der Waals surface area (Å²) in [6, 6.07) is 7.91. The van der Waals surface area contributed by atoms with Gasteiger partial charge in [0.1, 0.15) is 5.76 Å². The molecule has 0 radical (unpaired) electrons. The lowest BCUT2D eigenvalue weighted by Gasteiger charge is -2.10. The van der Waals surface area contributed by atoms with Crippen molar-refractivity contribution < 1.29 is 9.21 Å². The minimum atomic E-state index is -0.101. The van der Waals surface area contributed by atoms with Crippen LogP contribution in [0.4, 0.5) is 0 Å². The number of hydrogen-bond donors (Lipinski definition) is 1. The van der Waals surface area contributed by atoms with Gasteiger partial charge in [-0.3, -0.25) is 4.79 Å². The number of rotatable bonds is 5. The molecule has 1 atom stereocenters. The molecule has 0 bridgehead atoms. The minimum Gasteiger partial charge on any atom is -0.451 e. The Morgan fingerprint density at radius 3 is 3.00 bits per heavy atom. The van der Waals surface area contributed by atoms with Crippen molar-refractivity contribution in [3.63, 3.8) is 0 Å². The molecule has 0 aliphatic carbocycles. The van der Waals surface area contributed by atoms with Gasteiger partial charge in [-0.15, -0.1) is 11.3 Å². The summed E-state index contributed by atoms with van der Waals surface area (Å²) >= 11 is 3.80. The Bertz CT molecular complexity index is 560. The molecule has 0 fully saturated rings. The molecule has 0 saturated carbocycles. The second-order valence-corrected chi connectivity index (χ2v) is 6.26. The Morgan fingerprint density at radius 1 is 1.53 bits per heavy atom. The van der Waals surface area contributed by atoms with Crippen LogP contribution < -0.4 is 5.32 Å². The second kappa shape index (κ2) is 6.91. The zero-order valence-corrected chi connectivity index (χ0v) is 13.4. The fraction of sp³-hybridized carbons (Fsp3) is 0.214. The van der Waals surface area contributed by atoms with Crippen LogP contribution in [0.5, 0.6) is 0 Å². The molecular weight excluding hydrogens is 373 g/mol. The number of carbonyl (C=O) groups is 1. The van der Waals surface area contributed by atoms with E-state index in [2.05, 4.69) is 34.0 Å². The van der Waals surface area contributed by atoms with Crippen molar-refractivity contribution >= 4 is 45.9 Å². The predicted octanol–water partition coefficient (Wildman–Crippen LogP) is 3.71. The molecule has 0 spiro atoms. The van der Waals surface area contributed by atoms with Gasteiger partial charge in [0.25, 0.3) is 0 Å². The molecule has 100 valence electrons. The average molecular weight is 387 g/mol. The Kier molecular flexibility index (Phi) is 5.21. The molecule has 0 aromatic carbocycles. The smallest absolute Gasteiger partial charge is 0.244 e. The highest BCUT2D eigenvalue weighted by Crippen LogP contribution is 2.12. The maximum absolute atomic E-state index is 11.7. The van der Waals surface area contributed by atoms with E-state index in [1.807, 2.05) is 30.5 Å². The summed E-state index contributed by atoms with van der Waals surface area (Å²) in [7, 11) is 0. The normalized spacial score (nSPS) is 12.7. The summed E-state index contributed by atoms with van der Waals surface area (Å²) in [5.41, 5.74) is 0.